The highest BCUT2D eigenvalue weighted by atomic mass is 32.2. The summed E-state index contributed by atoms with van der Waals surface area (Å²) in [6.07, 6.45) is 0. The van der Waals surface area contributed by atoms with Crippen molar-refractivity contribution < 1.29 is 18.3 Å². The lowest BCUT2D eigenvalue weighted by Crippen LogP contribution is -1.89. The third-order valence-corrected chi connectivity index (χ3v) is 2.98. The lowest BCUT2D eigenvalue weighted by atomic mass is 10.0. The number of phenols is 1. The number of aromatic hydroxyl groups is 1. The maximum atomic E-state index is 13.5. The van der Waals surface area contributed by atoms with E-state index in [-0.39, 0.29) is 16.2 Å². The Morgan fingerprint density at radius 2 is 1.76 bits per heavy atom. The Morgan fingerprint density at radius 3 is 2.29 bits per heavy atom. The lowest BCUT2D eigenvalue weighted by Gasteiger charge is -2.08. The van der Waals surface area contributed by atoms with Gasteiger partial charge in [0.25, 0.3) is 0 Å². The van der Waals surface area contributed by atoms with Gasteiger partial charge in [-0.25, -0.2) is 4.39 Å². The molecule has 3 nitrogen and oxygen atoms in total. The van der Waals surface area contributed by atoms with Crippen LogP contribution in [-0.2, 0) is 11.1 Å². The van der Waals surface area contributed by atoms with E-state index in [1.54, 1.807) is 0 Å². The van der Waals surface area contributed by atoms with Crippen LogP contribution in [0.1, 0.15) is 0 Å². The second-order valence-corrected chi connectivity index (χ2v) is 4.33. The molecule has 0 aliphatic rings. The van der Waals surface area contributed by atoms with Gasteiger partial charge < -0.3 is 9.66 Å². The molecular formula is C12H8FO3S-. The first-order chi connectivity index (χ1) is 8.09. The van der Waals surface area contributed by atoms with E-state index in [9.17, 15) is 18.3 Å². The molecular weight excluding hydrogens is 243 g/mol. The average Bonchev–Trinajstić information content (AvgIpc) is 2.29. The summed E-state index contributed by atoms with van der Waals surface area (Å²) in [6, 6.07) is 9.60. The van der Waals surface area contributed by atoms with Gasteiger partial charge in [0, 0.05) is 4.90 Å². The van der Waals surface area contributed by atoms with Crippen molar-refractivity contribution in [1.82, 2.24) is 0 Å². The summed E-state index contributed by atoms with van der Waals surface area (Å²) in [7, 11) is 0. The molecule has 1 unspecified atom stereocenters. The minimum atomic E-state index is -2.31. The molecule has 0 aliphatic heterocycles. The molecule has 0 heterocycles. The first kappa shape index (κ1) is 11.8. The highest BCUT2D eigenvalue weighted by Gasteiger charge is 2.09. The Morgan fingerprint density at radius 1 is 1.12 bits per heavy atom. The third-order valence-electron chi connectivity index (χ3n) is 2.33. The number of halogens is 1. The molecule has 0 spiro atoms. The fraction of sp³-hybridized carbons (Fsp3) is 0. The molecule has 1 atom stereocenters. The normalized spacial score (nSPS) is 12.4. The number of benzene rings is 2. The zero-order valence-corrected chi connectivity index (χ0v) is 9.41. The molecule has 0 radical (unpaired) electrons. The van der Waals surface area contributed by atoms with Crippen molar-refractivity contribution in [1.29, 1.82) is 0 Å². The number of phenolic OH excluding ortho intramolecular Hbond substituents is 1. The number of rotatable bonds is 2. The monoisotopic (exact) mass is 251 g/mol. The van der Waals surface area contributed by atoms with Crippen molar-refractivity contribution in [2.75, 3.05) is 0 Å². The van der Waals surface area contributed by atoms with Gasteiger partial charge in [0.2, 0.25) is 0 Å². The van der Waals surface area contributed by atoms with Crippen LogP contribution in [0.4, 0.5) is 4.39 Å². The van der Waals surface area contributed by atoms with Crippen LogP contribution in [0.5, 0.6) is 5.75 Å². The molecule has 2 aromatic rings. The van der Waals surface area contributed by atoms with Crippen LogP contribution in [0.25, 0.3) is 11.1 Å². The second-order valence-electron chi connectivity index (χ2n) is 3.39. The predicted octanol–water partition coefficient (Wildman–Crippen LogP) is 2.44. The second kappa shape index (κ2) is 4.65. The summed E-state index contributed by atoms with van der Waals surface area (Å²) >= 11 is -2.31. The summed E-state index contributed by atoms with van der Waals surface area (Å²) in [5, 5.41) is 9.56. The van der Waals surface area contributed by atoms with E-state index in [2.05, 4.69) is 0 Å². The van der Waals surface area contributed by atoms with Crippen molar-refractivity contribution in [3.63, 3.8) is 0 Å². The Labute approximate surface area is 99.8 Å². The quantitative estimate of drug-likeness (QED) is 0.834. The van der Waals surface area contributed by atoms with E-state index < -0.39 is 16.9 Å². The standard InChI is InChI=1S/C12H9FO3S/c13-10-2-1-3-11(14)12(10)8-4-6-9(7-5-8)17(15)16/h1-7,14H,(H,15,16)/p-1. The number of hydrogen-bond acceptors (Lipinski definition) is 3. The van der Waals surface area contributed by atoms with Crippen LogP contribution in [-0.4, -0.2) is 13.9 Å². The molecule has 0 saturated carbocycles. The van der Waals surface area contributed by atoms with Crippen LogP contribution in [0, 0.1) is 5.82 Å². The molecule has 0 saturated heterocycles. The van der Waals surface area contributed by atoms with E-state index >= 15 is 0 Å². The smallest absolute Gasteiger partial charge is 0.134 e. The molecule has 2 rings (SSSR count). The fourth-order valence-corrected chi connectivity index (χ4v) is 1.89. The Balaban J connectivity index is 2.50. The Hall–Kier alpha value is -1.72. The first-order valence-corrected chi connectivity index (χ1v) is 5.84. The molecule has 5 heteroatoms. The zero-order valence-electron chi connectivity index (χ0n) is 8.59. The Kier molecular flexibility index (Phi) is 3.21. The molecule has 2 aromatic carbocycles. The molecule has 1 N–H and O–H groups in total. The average molecular weight is 251 g/mol. The van der Waals surface area contributed by atoms with Gasteiger partial charge in [0.1, 0.15) is 11.6 Å². The largest absolute Gasteiger partial charge is 0.768 e. The van der Waals surface area contributed by atoms with Crippen molar-refractivity contribution >= 4 is 11.1 Å². The van der Waals surface area contributed by atoms with Crippen molar-refractivity contribution in [3.05, 3.63) is 48.3 Å². The molecule has 0 aromatic heterocycles. The van der Waals surface area contributed by atoms with Crippen LogP contribution in [0.2, 0.25) is 0 Å². The van der Waals surface area contributed by atoms with Crippen LogP contribution in [0.15, 0.2) is 47.4 Å². The maximum absolute atomic E-state index is 13.5. The van der Waals surface area contributed by atoms with Crippen LogP contribution in [0.3, 0.4) is 0 Å². The molecule has 0 amide bonds. The lowest BCUT2D eigenvalue weighted by molar-refractivity contribution is 0.472. The predicted molar refractivity (Wildman–Crippen MR) is 60.7 cm³/mol. The highest BCUT2D eigenvalue weighted by molar-refractivity contribution is 7.79. The van der Waals surface area contributed by atoms with Gasteiger partial charge in [0.05, 0.1) is 5.56 Å². The van der Waals surface area contributed by atoms with Crippen LogP contribution < -0.4 is 0 Å². The van der Waals surface area contributed by atoms with Gasteiger partial charge in [0.15, 0.2) is 0 Å². The SMILES string of the molecule is O=S([O-])c1ccc(-c2c(O)cccc2F)cc1. The van der Waals surface area contributed by atoms with Crippen molar-refractivity contribution in [2.24, 2.45) is 0 Å². The van der Waals surface area contributed by atoms with E-state index in [1.807, 2.05) is 0 Å². The van der Waals surface area contributed by atoms with Gasteiger partial charge in [-0.15, -0.1) is 0 Å². The molecule has 88 valence electrons. The summed E-state index contributed by atoms with van der Waals surface area (Å²) in [5.41, 5.74) is 0.491. The van der Waals surface area contributed by atoms with Gasteiger partial charge >= 0.3 is 0 Å². The Bertz CT molecular complexity index is 546. The van der Waals surface area contributed by atoms with Crippen molar-refractivity contribution in [2.45, 2.75) is 4.90 Å². The van der Waals surface area contributed by atoms with Gasteiger partial charge in [-0.2, -0.15) is 0 Å². The molecule has 17 heavy (non-hydrogen) atoms. The third kappa shape index (κ3) is 2.35. The highest BCUT2D eigenvalue weighted by Crippen LogP contribution is 2.31. The van der Waals surface area contributed by atoms with Gasteiger partial charge in [-0.05, 0) is 40.9 Å². The summed E-state index contributed by atoms with van der Waals surface area (Å²) in [4.78, 5) is 0.115. The maximum Gasteiger partial charge on any atom is 0.134 e. The van der Waals surface area contributed by atoms with Crippen LogP contribution >= 0.6 is 0 Å². The van der Waals surface area contributed by atoms with E-state index in [0.29, 0.717) is 5.56 Å². The number of hydrogen-bond donors (Lipinski definition) is 1. The molecule has 0 aliphatic carbocycles. The van der Waals surface area contributed by atoms with Gasteiger partial charge in [-0.3, -0.25) is 4.21 Å². The van der Waals surface area contributed by atoms with E-state index in [0.717, 1.165) is 0 Å². The minimum Gasteiger partial charge on any atom is -0.768 e. The zero-order chi connectivity index (χ0) is 12.4. The first-order valence-electron chi connectivity index (χ1n) is 4.77. The van der Waals surface area contributed by atoms with E-state index in [1.165, 1.54) is 42.5 Å². The van der Waals surface area contributed by atoms with Gasteiger partial charge in [-0.1, -0.05) is 18.2 Å². The minimum absolute atomic E-state index is 0.0655. The van der Waals surface area contributed by atoms with Crippen molar-refractivity contribution in [3.8, 4) is 16.9 Å². The summed E-state index contributed by atoms with van der Waals surface area (Å²) in [5.74, 6) is -0.734. The topological polar surface area (TPSA) is 60.4 Å². The summed E-state index contributed by atoms with van der Waals surface area (Å²) in [6.45, 7) is 0. The van der Waals surface area contributed by atoms with E-state index in [4.69, 9.17) is 0 Å². The fourth-order valence-electron chi connectivity index (χ4n) is 1.53. The molecule has 0 fully saturated rings. The summed E-state index contributed by atoms with van der Waals surface area (Å²) < 4.78 is 34.8. The molecule has 0 bridgehead atoms.